The van der Waals surface area contributed by atoms with Crippen LogP contribution in [-0.2, 0) is 19.4 Å². The molecule has 1 aliphatic rings. The van der Waals surface area contributed by atoms with Gasteiger partial charge in [-0.15, -0.1) is 0 Å². The Morgan fingerprint density at radius 2 is 1.96 bits per heavy atom. The predicted octanol–water partition coefficient (Wildman–Crippen LogP) is 2.77. The Kier molecular flexibility index (Phi) is 4.76. The number of halogens is 2. The summed E-state index contributed by atoms with van der Waals surface area (Å²) >= 11 is 0. The maximum absolute atomic E-state index is 13.4. The molecule has 0 fully saturated rings. The zero-order chi connectivity index (χ0) is 17.3. The van der Waals surface area contributed by atoms with Crippen molar-refractivity contribution >= 4 is 0 Å². The highest BCUT2D eigenvalue weighted by atomic mass is 19.2. The molecule has 2 heterocycles. The Balaban J connectivity index is 1.76. The van der Waals surface area contributed by atoms with E-state index in [2.05, 4.69) is 14.9 Å². The second kappa shape index (κ2) is 6.81. The minimum absolute atomic E-state index is 0.0571. The van der Waals surface area contributed by atoms with Crippen LogP contribution >= 0.6 is 0 Å². The number of H-pyrrole nitrogens is 1. The van der Waals surface area contributed by atoms with Gasteiger partial charge in [-0.2, -0.15) is 0 Å². The van der Waals surface area contributed by atoms with Gasteiger partial charge >= 0.3 is 0 Å². The van der Waals surface area contributed by atoms with Crippen molar-refractivity contribution in [1.29, 1.82) is 0 Å². The molecule has 24 heavy (non-hydrogen) atoms. The average Bonchev–Trinajstić information content (AvgIpc) is 2.74. The predicted molar refractivity (Wildman–Crippen MR) is 88.0 cm³/mol. The summed E-state index contributed by atoms with van der Waals surface area (Å²) in [6.07, 6.45) is 1.29. The van der Waals surface area contributed by atoms with Crippen LogP contribution < -0.4 is 5.56 Å². The van der Waals surface area contributed by atoms with Gasteiger partial charge in [-0.25, -0.2) is 13.8 Å². The number of rotatable bonds is 3. The summed E-state index contributed by atoms with van der Waals surface area (Å²) in [5.41, 5.74) is 2.27. The summed E-state index contributed by atoms with van der Waals surface area (Å²) in [6.45, 7) is 5.95. The van der Waals surface area contributed by atoms with E-state index in [4.69, 9.17) is 0 Å². The van der Waals surface area contributed by atoms with E-state index in [1.807, 2.05) is 13.8 Å². The van der Waals surface area contributed by atoms with Crippen LogP contribution in [0.4, 0.5) is 8.78 Å². The molecule has 1 aromatic heterocycles. The molecule has 4 nitrogen and oxygen atoms in total. The lowest BCUT2D eigenvalue weighted by molar-refractivity contribution is 0.278. The Labute approximate surface area is 139 Å². The maximum atomic E-state index is 13.4. The first kappa shape index (κ1) is 16.8. The van der Waals surface area contributed by atoms with Gasteiger partial charge in [0, 0.05) is 37.5 Å². The highest BCUT2D eigenvalue weighted by Gasteiger charge is 2.19. The summed E-state index contributed by atoms with van der Waals surface area (Å²) in [4.78, 5) is 21.9. The highest BCUT2D eigenvalue weighted by Crippen LogP contribution is 2.16. The Hall–Kier alpha value is -2.08. The van der Waals surface area contributed by atoms with E-state index >= 15 is 0 Å². The molecule has 1 aliphatic heterocycles. The molecule has 0 saturated carbocycles. The summed E-state index contributed by atoms with van der Waals surface area (Å²) in [5, 5.41) is 0. The largest absolute Gasteiger partial charge is 0.310 e. The zero-order valence-corrected chi connectivity index (χ0v) is 13.9. The van der Waals surface area contributed by atoms with Crippen molar-refractivity contribution in [3.63, 3.8) is 0 Å². The minimum atomic E-state index is -0.834. The van der Waals surface area contributed by atoms with E-state index < -0.39 is 11.6 Å². The smallest absolute Gasteiger partial charge is 0.254 e. The van der Waals surface area contributed by atoms with Crippen LogP contribution in [0.15, 0.2) is 23.0 Å². The Morgan fingerprint density at radius 3 is 2.67 bits per heavy atom. The van der Waals surface area contributed by atoms with E-state index in [0.29, 0.717) is 31.8 Å². The number of aromatic amines is 1. The molecule has 3 rings (SSSR count). The van der Waals surface area contributed by atoms with Crippen LogP contribution in [0.25, 0.3) is 0 Å². The summed E-state index contributed by atoms with van der Waals surface area (Å²) in [5.74, 6) is -0.776. The van der Waals surface area contributed by atoms with Crippen LogP contribution in [0.2, 0.25) is 0 Å². The molecule has 0 bridgehead atoms. The van der Waals surface area contributed by atoms with Gasteiger partial charge in [0.05, 0.1) is 5.69 Å². The van der Waals surface area contributed by atoms with Gasteiger partial charge in [0.25, 0.3) is 5.56 Å². The molecular formula is C18H21F2N3O. The van der Waals surface area contributed by atoms with E-state index in [1.54, 1.807) is 6.07 Å². The van der Waals surface area contributed by atoms with Crippen molar-refractivity contribution in [2.45, 2.75) is 39.2 Å². The molecule has 0 amide bonds. The van der Waals surface area contributed by atoms with Crippen molar-refractivity contribution < 1.29 is 8.78 Å². The summed E-state index contributed by atoms with van der Waals surface area (Å²) in [6, 6.07) is 3.98. The summed E-state index contributed by atoms with van der Waals surface area (Å²) < 4.78 is 26.4. The monoisotopic (exact) mass is 333 g/mol. The van der Waals surface area contributed by atoms with Gasteiger partial charge in [0.15, 0.2) is 11.6 Å². The molecule has 0 spiro atoms. The normalized spacial score (nSPS) is 15.4. The number of benzene rings is 1. The van der Waals surface area contributed by atoms with Gasteiger partial charge < -0.3 is 4.98 Å². The molecular weight excluding hydrogens is 312 g/mol. The van der Waals surface area contributed by atoms with Crippen LogP contribution in [0.3, 0.4) is 0 Å². The fourth-order valence-corrected chi connectivity index (χ4v) is 3.00. The van der Waals surface area contributed by atoms with Crippen LogP contribution in [0.1, 0.15) is 42.4 Å². The minimum Gasteiger partial charge on any atom is -0.310 e. The standard InChI is InChI=1S/C18H21F2N3O/c1-11(2)17-21-16-6-8-23(7-5-13(16)18(24)22-17)10-12-3-4-14(19)15(20)9-12/h3-4,9,11H,5-8,10H2,1-2H3,(H,21,22,24). The lowest BCUT2D eigenvalue weighted by Crippen LogP contribution is -2.26. The first-order chi connectivity index (χ1) is 11.4. The molecule has 6 heteroatoms. The molecule has 0 radical (unpaired) electrons. The Bertz CT molecular complexity index is 801. The van der Waals surface area contributed by atoms with Gasteiger partial charge in [0.1, 0.15) is 5.82 Å². The lowest BCUT2D eigenvalue weighted by Gasteiger charge is -2.19. The quantitative estimate of drug-likeness (QED) is 0.940. The first-order valence-electron chi connectivity index (χ1n) is 8.22. The molecule has 0 aliphatic carbocycles. The van der Waals surface area contributed by atoms with Crippen molar-refractivity contribution in [3.05, 3.63) is 62.8 Å². The van der Waals surface area contributed by atoms with Gasteiger partial charge in [-0.05, 0) is 24.1 Å². The number of nitrogens with zero attached hydrogens (tertiary/aromatic N) is 2. The van der Waals surface area contributed by atoms with Crippen molar-refractivity contribution in [2.75, 3.05) is 13.1 Å². The number of fused-ring (bicyclic) bond motifs is 1. The van der Waals surface area contributed by atoms with E-state index in [9.17, 15) is 13.6 Å². The topological polar surface area (TPSA) is 49.0 Å². The highest BCUT2D eigenvalue weighted by molar-refractivity contribution is 5.22. The van der Waals surface area contributed by atoms with E-state index in [1.165, 1.54) is 6.07 Å². The third kappa shape index (κ3) is 3.53. The number of hydrogen-bond acceptors (Lipinski definition) is 3. The van der Waals surface area contributed by atoms with Gasteiger partial charge in [-0.1, -0.05) is 19.9 Å². The lowest BCUT2D eigenvalue weighted by atomic mass is 10.1. The molecule has 0 unspecified atom stereocenters. The summed E-state index contributed by atoms with van der Waals surface area (Å²) in [7, 11) is 0. The molecule has 2 aromatic rings. The first-order valence-corrected chi connectivity index (χ1v) is 8.22. The third-order valence-electron chi connectivity index (χ3n) is 4.40. The van der Waals surface area contributed by atoms with Crippen molar-refractivity contribution in [3.8, 4) is 0 Å². The van der Waals surface area contributed by atoms with Gasteiger partial charge in [0.2, 0.25) is 0 Å². The van der Waals surface area contributed by atoms with Crippen molar-refractivity contribution in [1.82, 2.24) is 14.9 Å². The molecule has 1 N–H and O–H groups in total. The second-order valence-electron chi connectivity index (χ2n) is 6.56. The number of aromatic nitrogens is 2. The fraction of sp³-hybridized carbons (Fsp3) is 0.444. The molecule has 0 atom stereocenters. The average molecular weight is 333 g/mol. The van der Waals surface area contributed by atoms with Crippen LogP contribution in [0.5, 0.6) is 0 Å². The SMILES string of the molecule is CC(C)c1nc2c(c(=O)[nH]1)CCN(Cc1ccc(F)c(F)c1)CC2. The molecule has 0 saturated heterocycles. The van der Waals surface area contributed by atoms with Crippen LogP contribution in [0, 0.1) is 11.6 Å². The molecule has 1 aromatic carbocycles. The molecule has 128 valence electrons. The van der Waals surface area contributed by atoms with E-state index in [0.717, 1.165) is 29.4 Å². The fourth-order valence-electron chi connectivity index (χ4n) is 3.00. The van der Waals surface area contributed by atoms with Crippen LogP contribution in [-0.4, -0.2) is 28.0 Å². The van der Waals surface area contributed by atoms with Crippen molar-refractivity contribution in [2.24, 2.45) is 0 Å². The second-order valence-corrected chi connectivity index (χ2v) is 6.56. The Morgan fingerprint density at radius 1 is 1.21 bits per heavy atom. The zero-order valence-electron chi connectivity index (χ0n) is 13.9. The number of nitrogens with one attached hydrogen (secondary N) is 1. The van der Waals surface area contributed by atoms with E-state index in [-0.39, 0.29) is 11.5 Å². The maximum Gasteiger partial charge on any atom is 0.254 e. The van der Waals surface area contributed by atoms with Gasteiger partial charge in [-0.3, -0.25) is 9.69 Å². The third-order valence-corrected chi connectivity index (χ3v) is 4.40. The number of hydrogen-bond donors (Lipinski definition) is 1.